The van der Waals surface area contributed by atoms with Crippen LogP contribution in [0.15, 0.2) is 42.5 Å². The molecule has 23 heavy (non-hydrogen) atoms. The number of morpholine rings is 1. The number of carbonyl (C=O) groups excluding carboxylic acids is 1. The van der Waals surface area contributed by atoms with E-state index in [1.54, 1.807) is 30.3 Å². The Bertz CT molecular complexity index is 698. The topological polar surface area (TPSA) is 41.6 Å². The maximum absolute atomic E-state index is 12.3. The largest absolute Gasteiger partial charge is 0.378 e. The molecule has 0 saturated carbocycles. The molecular weight excluding hydrogens is 335 g/mol. The molecule has 1 aliphatic rings. The van der Waals surface area contributed by atoms with E-state index >= 15 is 0 Å². The van der Waals surface area contributed by atoms with Gasteiger partial charge < -0.3 is 15.0 Å². The number of hydrogen-bond acceptors (Lipinski definition) is 3. The first kappa shape index (κ1) is 16.1. The molecular formula is C17H16Cl2N2O2. The number of amides is 1. The van der Waals surface area contributed by atoms with Gasteiger partial charge >= 0.3 is 0 Å². The lowest BCUT2D eigenvalue weighted by molar-refractivity contribution is 0.102. The Kier molecular flexibility index (Phi) is 5.06. The highest BCUT2D eigenvalue weighted by Gasteiger charge is 2.13. The Morgan fingerprint density at radius 1 is 1.04 bits per heavy atom. The molecule has 0 unspecified atom stereocenters. The molecule has 0 aromatic heterocycles. The second-order valence-electron chi connectivity index (χ2n) is 5.20. The van der Waals surface area contributed by atoms with Crippen LogP contribution in [0, 0.1) is 0 Å². The van der Waals surface area contributed by atoms with Gasteiger partial charge in [-0.15, -0.1) is 0 Å². The SMILES string of the molecule is O=C(Nc1cccc(Cl)c1Cl)c1ccc(N2CCOCC2)cc1. The van der Waals surface area contributed by atoms with Crippen LogP contribution in [0.4, 0.5) is 11.4 Å². The Hall–Kier alpha value is -1.75. The van der Waals surface area contributed by atoms with Crippen molar-refractivity contribution in [3.8, 4) is 0 Å². The maximum atomic E-state index is 12.3. The fraction of sp³-hybridized carbons (Fsp3) is 0.235. The average Bonchev–Trinajstić information content (AvgIpc) is 2.60. The molecule has 3 rings (SSSR count). The van der Waals surface area contributed by atoms with Gasteiger partial charge in [0.2, 0.25) is 0 Å². The van der Waals surface area contributed by atoms with Crippen molar-refractivity contribution in [3.63, 3.8) is 0 Å². The third-order valence-electron chi connectivity index (χ3n) is 3.71. The Labute approximate surface area is 144 Å². The molecule has 1 saturated heterocycles. The Balaban J connectivity index is 1.71. The molecule has 0 radical (unpaired) electrons. The summed E-state index contributed by atoms with van der Waals surface area (Å²) in [6, 6.07) is 12.6. The van der Waals surface area contributed by atoms with Crippen molar-refractivity contribution < 1.29 is 9.53 Å². The smallest absolute Gasteiger partial charge is 0.255 e. The fourth-order valence-corrected chi connectivity index (χ4v) is 2.79. The van der Waals surface area contributed by atoms with Crippen LogP contribution in [0.25, 0.3) is 0 Å². The number of rotatable bonds is 3. The van der Waals surface area contributed by atoms with Gasteiger partial charge in [-0.2, -0.15) is 0 Å². The van der Waals surface area contributed by atoms with Crippen LogP contribution in [0.1, 0.15) is 10.4 Å². The van der Waals surface area contributed by atoms with Crippen LogP contribution >= 0.6 is 23.2 Å². The van der Waals surface area contributed by atoms with E-state index in [9.17, 15) is 4.79 Å². The highest BCUT2D eigenvalue weighted by molar-refractivity contribution is 6.44. The van der Waals surface area contributed by atoms with E-state index in [0.29, 0.717) is 21.3 Å². The van der Waals surface area contributed by atoms with E-state index in [2.05, 4.69) is 10.2 Å². The van der Waals surface area contributed by atoms with E-state index in [4.69, 9.17) is 27.9 Å². The molecule has 0 atom stereocenters. The molecule has 6 heteroatoms. The van der Waals surface area contributed by atoms with Gasteiger partial charge in [-0.1, -0.05) is 29.3 Å². The highest BCUT2D eigenvalue weighted by Crippen LogP contribution is 2.30. The summed E-state index contributed by atoms with van der Waals surface area (Å²) < 4.78 is 5.34. The predicted octanol–water partition coefficient (Wildman–Crippen LogP) is 4.08. The molecule has 0 aliphatic carbocycles. The van der Waals surface area contributed by atoms with Gasteiger partial charge in [0.15, 0.2) is 0 Å². The first-order chi connectivity index (χ1) is 11.1. The lowest BCUT2D eigenvalue weighted by atomic mass is 10.1. The normalized spacial score (nSPS) is 14.6. The number of hydrogen-bond donors (Lipinski definition) is 1. The van der Waals surface area contributed by atoms with Crippen LogP contribution in [0.5, 0.6) is 0 Å². The lowest BCUT2D eigenvalue weighted by Crippen LogP contribution is -2.36. The van der Waals surface area contributed by atoms with Crippen LogP contribution in [-0.4, -0.2) is 32.2 Å². The molecule has 0 bridgehead atoms. The Morgan fingerprint density at radius 2 is 1.74 bits per heavy atom. The average molecular weight is 351 g/mol. The summed E-state index contributed by atoms with van der Waals surface area (Å²) in [5, 5.41) is 3.53. The molecule has 1 amide bonds. The summed E-state index contributed by atoms with van der Waals surface area (Å²) in [4.78, 5) is 14.6. The summed E-state index contributed by atoms with van der Waals surface area (Å²) in [6.07, 6.45) is 0. The lowest BCUT2D eigenvalue weighted by Gasteiger charge is -2.28. The summed E-state index contributed by atoms with van der Waals surface area (Å²) in [7, 11) is 0. The first-order valence-electron chi connectivity index (χ1n) is 7.33. The second kappa shape index (κ2) is 7.21. The quantitative estimate of drug-likeness (QED) is 0.906. The molecule has 120 valence electrons. The first-order valence-corrected chi connectivity index (χ1v) is 8.09. The minimum absolute atomic E-state index is 0.220. The number of anilines is 2. The molecule has 1 heterocycles. The summed E-state index contributed by atoms with van der Waals surface area (Å²) in [5.74, 6) is -0.220. The van der Waals surface area contributed by atoms with Crippen molar-refractivity contribution in [2.24, 2.45) is 0 Å². The second-order valence-corrected chi connectivity index (χ2v) is 5.99. The number of nitrogens with zero attached hydrogens (tertiary/aromatic N) is 1. The third kappa shape index (κ3) is 3.78. The molecule has 4 nitrogen and oxygen atoms in total. The molecule has 2 aromatic rings. The third-order valence-corrected chi connectivity index (χ3v) is 4.52. The minimum Gasteiger partial charge on any atom is -0.378 e. The predicted molar refractivity (Wildman–Crippen MR) is 93.9 cm³/mol. The van der Waals surface area contributed by atoms with Crippen molar-refractivity contribution in [2.75, 3.05) is 36.5 Å². The van der Waals surface area contributed by atoms with E-state index in [1.165, 1.54) is 0 Å². The van der Waals surface area contributed by atoms with Crippen LogP contribution < -0.4 is 10.2 Å². The van der Waals surface area contributed by atoms with Crippen molar-refractivity contribution in [2.45, 2.75) is 0 Å². The number of ether oxygens (including phenoxy) is 1. The van der Waals surface area contributed by atoms with Gasteiger partial charge in [0.1, 0.15) is 0 Å². The molecule has 1 N–H and O–H groups in total. The van der Waals surface area contributed by atoms with E-state index in [0.717, 1.165) is 32.0 Å². The van der Waals surface area contributed by atoms with Gasteiger partial charge in [0.25, 0.3) is 5.91 Å². The van der Waals surface area contributed by atoms with E-state index < -0.39 is 0 Å². The molecule has 1 aliphatic heterocycles. The summed E-state index contributed by atoms with van der Waals surface area (Å²) >= 11 is 12.0. The zero-order chi connectivity index (χ0) is 16.2. The van der Waals surface area contributed by atoms with Gasteiger partial charge in [0, 0.05) is 24.3 Å². The molecule has 1 fully saturated rings. The standard InChI is InChI=1S/C17H16Cl2N2O2/c18-14-2-1-3-15(16(14)19)20-17(22)12-4-6-13(7-5-12)21-8-10-23-11-9-21/h1-7H,8-11H2,(H,20,22). The van der Waals surface area contributed by atoms with Crippen LogP contribution in [-0.2, 0) is 4.74 Å². The van der Waals surface area contributed by atoms with E-state index in [1.807, 2.05) is 12.1 Å². The van der Waals surface area contributed by atoms with Crippen molar-refractivity contribution in [3.05, 3.63) is 58.1 Å². The fourth-order valence-electron chi connectivity index (χ4n) is 2.44. The van der Waals surface area contributed by atoms with Gasteiger partial charge in [-0.3, -0.25) is 4.79 Å². The maximum Gasteiger partial charge on any atom is 0.255 e. The Morgan fingerprint density at radius 3 is 2.43 bits per heavy atom. The molecule has 0 spiro atoms. The zero-order valence-corrected chi connectivity index (χ0v) is 13.9. The number of carbonyl (C=O) groups is 1. The van der Waals surface area contributed by atoms with Crippen molar-refractivity contribution >= 4 is 40.5 Å². The van der Waals surface area contributed by atoms with Gasteiger partial charge in [0.05, 0.1) is 28.9 Å². The van der Waals surface area contributed by atoms with Crippen LogP contribution in [0.2, 0.25) is 10.0 Å². The number of benzene rings is 2. The zero-order valence-electron chi connectivity index (χ0n) is 12.4. The monoisotopic (exact) mass is 350 g/mol. The van der Waals surface area contributed by atoms with Crippen molar-refractivity contribution in [1.29, 1.82) is 0 Å². The minimum atomic E-state index is -0.220. The summed E-state index contributed by atoms with van der Waals surface area (Å²) in [6.45, 7) is 3.19. The van der Waals surface area contributed by atoms with Crippen LogP contribution in [0.3, 0.4) is 0 Å². The van der Waals surface area contributed by atoms with Gasteiger partial charge in [-0.25, -0.2) is 0 Å². The highest BCUT2D eigenvalue weighted by atomic mass is 35.5. The number of nitrogens with one attached hydrogen (secondary N) is 1. The molecule has 2 aromatic carbocycles. The van der Waals surface area contributed by atoms with Crippen molar-refractivity contribution in [1.82, 2.24) is 0 Å². The summed E-state index contributed by atoms with van der Waals surface area (Å²) in [5.41, 5.74) is 2.16. The number of halogens is 2. The van der Waals surface area contributed by atoms with Gasteiger partial charge in [-0.05, 0) is 36.4 Å². The van der Waals surface area contributed by atoms with E-state index in [-0.39, 0.29) is 5.91 Å².